The van der Waals surface area contributed by atoms with Crippen LogP contribution in [-0.2, 0) is 0 Å². The molecule has 2 atom stereocenters. The highest BCUT2D eigenvalue weighted by Crippen LogP contribution is 2.27. The largest absolute Gasteiger partial charge is 0.469 e. The van der Waals surface area contributed by atoms with Crippen molar-refractivity contribution in [2.45, 2.75) is 44.7 Å². The zero-order valence-electron chi connectivity index (χ0n) is 10.8. The van der Waals surface area contributed by atoms with Gasteiger partial charge in [-0.25, -0.2) is 0 Å². The van der Waals surface area contributed by atoms with Gasteiger partial charge in [0.25, 0.3) is 5.91 Å². The second kappa shape index (κ2) is 4.76. The maximum atomic E-state index is 12.2. The van der Waals surface area contributed by atoms with Crippen molar-refractivity contribution in [3.05, 3.63) is 23.7 Å². The summed E-state index contributed by atoms with van der Waals surface area (Å²) in [7, 11) is 0. The van der Waals surface area contributed by atoms with E-state index < -0.39 is 0 Å². The standard InChI is InChI=1S/C14H20N2O2/c1-10-11(6-9-18-10)14(17)15-12-5-8-16-7-3-2-4-13(12)16/h6,9,12-13H,2-5,7-8H2,1H3,(H,15,17). The smallest absolute Gasteiger partial charge is 0.255 e. The molecule has 0 spiro atoms. The maximum absolute atomic E-state index is 12.2. The molecule has 2 unspecified atom stereocenters. The molecule has 0 aromatic carbocycles. The maximum Gasteiger partial charge on any atom is 0.255 e. The second-order valence-corrected chi connectivity index (χ2v) is 5.36. The first-order valence-corrected chi connectivity index (χ1v) is 6.85. The van der Waals surface area contributed by atoms with E-state index in [9.17, 15) is 4.79 Å². The topological polar surface area (TPSA) is 45.5 Å². The van der Waals surface area contributed by atoms with E-state index in [0.717, 1.165) is 13.0 Å². The third-order valence-electron chi connectivity index (χ3n) is 4.28. The minimum atomic E-state index is 0.0127. The van der Waals surface area contributed by atoms with Gasteiger partial charge in [-0.3, -0.25) is 9.69 Å². The van der Waals surface area contributed by atoms with Gasteiger partial charge in [0.1, 0.15) is 5.76 Å². The highest BCUT2D eigenvalue weighted by atomic mass is 16.3. The van der Waals surface area contributed by atoms with E-state index in [-0.39, 0.29) is 5.91 Å². The van der Waals surface area contributed by atoms with Crippen LogP contribution < -0.4 is 5.32 Å². The number of nitrogens with zero attached hydrogens (tertiary/aromatic N) is 1. The first-order chi connectivity index (χ1) is 8.75. The normalized spacial score (nSPS) is 28.1. The Labute approximate surface area is 107 Å². The van der Waals surface area contributed by atoms with Crippen molar-refractivity contribution in [2.24, 2.45) is 0 Å². The van der Waals surface area contributed by atoms with Crippen LogP contribution in [0.3, 0.4) is 0 Å². The molecule has 2 aliphatic rings. The SMILES string of the molecule is Cc1occc1C(=O)NC1CCN2CCCCC12. The molecule has 2 saturated heterocycles. The number of piperidine rings is 1. The molecular weight excluding hydrogens is 228 g/mol. The Morgan fingerprint density at radius 1 is 1.39 bits per heavy atom. The van der Waals surface area contributed by atoms with Crippen molar-refractivity contribution in [1.29, 1.82) is 0 Å². The fraction of sp³-hybridized carbons (Fsp3) is 0.643. The molecule has 1 N–H and O–H groups in total. The predicted molar refractivity (Wildman–Crippen MR) is 68.5 cm³/mol. The molecule has 18 heavy (non-hydrogen) atoms. The molecule has 1 aromatic heterocycles. The zero-order chi connectivity index (χ0) is 12.5. The van der Waals surface area contributed by atoms with Gasteiger partial charge in [0.2, 0.25) is 0 Å². The number of hydrogen-bond donors (Lipinski definition) is 1. The van der Waals surface area contributed by atoms with Crippen LogP contribution in [0.1, 0.15) is 41.8 Å². The van der Waals surface area contributed by atoms with Gasteiger partial charge in [-0.1, -0.05) is 6.42 Å². The number of carbonyl (C=O) groups is 1. The summed E-state index contributed by atoms with van der Waals surface area (Å²) in [6.45, 7) is 4.15. The summed E-state index contributed by atoms with van der Waals surface area (Å²) in [6.07, 6.45) is 6.46. The van der Waals surface area contributed by atoms with Crippen molar-refractivity contribution in [2.75, 3.05) is 13.1 Å². The van der Waals surface area contributed by atoms with Gasteiger partial charge in [-0.2, -0.15) is 0 Å². The van der Waals surface area contributed by atoms with Crippen molar-refractivity contribution in [1.82, 2.24) is 10.2 Å². The zero-order valence-corrected chi connectivity index (χ0v) is 10.8. The van der Waals surface area contributed by atoms with Gasteiger partial charge >= 0.3 is 0 Å². The molecule has 0 bridgehead atoms. The quantitative estimate of drug-likeness (QED) is 0.870. The monoisotopic (exact) mass is 248 g/mol. The number of nitrogens with one attached hydrogen (secondary N) is 1. The number of rotatable bonds is 2. The lowest BCUT2D eigenvalue weighted by Crippen LogP contribution is -2.46. The lowest BCUT2D eigenvalue weighted by molar-refractivity contribution is 0.0914. The minimum Gasteiger partial charge on any atom is -0.469 e. The summed E-state index contributed by atoms with van der Waals surface area (Å²) in [5.74, 6) is 0.713. The Hall–Kier alpha value is -1.29. The van der Waals surface area contributed by atoms with Gasteiger partial charge in [-0.05, 0) is 38.8 Å². The van der Waals surface area contributed by atoms with Crippen molar-refractivity contribution in [3.63, 3.8) is 0 Å². The Bertz CT molecular complexity index is 441. The Morgan fingerprint density at radius 2 is 2.28 bits per heavy atom. The fourth-order valence-corrected chi connectivity index (χ4v) is 3.28. The van der Waals surface area contributed by atoms with E-state index in [1.165, 1.54) is 25.8 Å². The molecule has 0 aliphatic carbocycles. The Balaban J connectivity index is 1.66. The van der Waals surface area contributed by atoms with E-state index in [0.29, 0.717) is 23.4 Å². The van der Waals surface area contributed by atoms with Crippen LogP contribution in [0.2, 0.25) is 0 Å². The molecule has 0 saturated carbocycles. The molecule has 0 radical (unpaired) electrons. The van der Waals surface area contributed by atoms with Gasteiger partial charge in [0.15, 0.2) is 0 Å². The highest BCUT2D eigenvalue weighted by molar-refractivity contribution is 5.95. The van der Waals surface area contributed by atoms with E-state index in [2.05, 4.69) is 10.2 Å². The molecule has 1 aromatic rings. The van der Waals surface area contributed by atoms with E-state index >= 15 is 0 Å². The summed E-state index contributed by atoms with van der Waals surface area (Å²) >= 11 is 0. The molecular formula is C14H20N2O2. The molecule has 2 fully saturated rings. The number of carbonyl (C=O) groups excluding carboxylic acids is 1. The van der Waals surface area contributed by atoms with Crippen LogP contribution in [0.15, 0.2) is 16.7 Å². The molecule has 3 heterocycles. The van der Waals surface area contributed by atoms with E-state index in [1.54, 1.807) is 12.3 Å². The van der Waals surface area contributed by atoms with E-state index in [1.807, 2.05) is 6.92 Å². The Morgan fingerprint density at radius 3 is 3.06 bits per heavy atom. The lowest BCUT2D eigenvalue weighted by Gasteiger charge is -2.32. The fourth-order valence-electron chi connectivity index (χ4n) is 3.28. The number of hydrogen-bond acceptors (Lipinski definition) is 3. The van der Waals surface area contributed by atoms with Gasteiger partial charge in [0.05, 0.1) is 11.8 Å². The van der Waals surface area contributed by atoms with Crippen LogP contribution >= 0.6 is 0 Å². The first-order valence-electron chi connectivity index (χ1n) is 6.85. The van der Waals surface area contributed by atoms with Crippen molar-refractivity contribution in [3.8, 4) is 0 Å². The van der Waals surface area contributed by atoms with Gasteiger partial charge in [0, 0.05) is 18.6 Å². The number of fused-ring (bicyclic) bond motifs is 1. The van der Waals surface area contributed by atoms with Crippen LogP contribution in [0.5, 0.6) is 0 Å². The minimum absolute atomic E-state index is 0.0127. The third kappa shape index (κ3) is 2.05. The predicted octanol–water partition coefficient (Wildman–Crippen LogP) is 1.94. The highest BCUT2D eigenvalue weighted by Gasteiger charge is 2.36. The summed E-state index contributed by atoms with van der Waals surface area (Å²) in [5, 5.41) is 3.18. The Kier molecular flexibility index (Phi) is 3.12. The van der Waals surface area contributed by atoms with E-state index in [4.69, 9.17) is 4.42 Å². The molecule has 1 amide bonds. The molecule has 98 valence electrons. The van der Waals surface area contributed by atoms with Gasteiger partial charge < -0.3 is 9.73 Å². The van der Waals surface area contributed by atoms with Crippen LogP contribution in [-0.4, -0.2) is 36.0 Å². The number of aryl methyl sites for hydroxylation is 1. The molecule has 2 aliphatic heterocycles. The lowest BCUT2D eigenvalue weighted by atomic mass is 9.99. The number of amides is 1. The third-order valence-corrected chi connectivity index (χ3v) is 4.28. The first kappa shape index (κ1) is 11.8. The second-order valence-electron chi connectivity index (χ2n) is 5.36. The molecule has 3 rings (SSSR count). The molecule has 4 nitrogen and oxygen atoms in total. The molecule has 4 heteroatoms. The van der Waals surface area contributed by atoms with Crippen LogP contribution in [0.4, 0.5) is 0 Å². The average molecular weight is 248 g/mol. The summed E-state index contributed by atoms with van der Waals surface area (Å²) in [6, 6.07) is 2.61. The van der Waals surface area contributed by atoms with Gasteiger partial charge in [-0.15, -0.1) is 0 Å². The summed E-state index contributed by atoms with van der Waals surface area (Å²) in [5.41, 5.74) is 0.671. The number of furan rings is 1. The van der Waals surface area contributed by atoms with Crippen LogP contribution in [0, 0.1) is 6.92 Å². The van der Waals surface area contributed by atoms with Crippen molar-refractivity contribution >= 4 is 5.91 Å². The summed E-state index contributed by atoms with van der Waals surface area (Å²) in [4.78, 5) is 14.7. The van der Waals surface area contributed by atoms with Crippen LogP contribution in [0.25, 0.3) is 0 Å². The summed E-state index contributed by atoms with van der Waals surface area (Å²) < 4.78 is 5.19. The average Bonchev–Trinajstić information content (AvgIpc) is 2.97. The van der Waals surface area contributed by atoms with Crippen molar-refractivity contribution < 1.29 is 9.21 Å².